The number of imidazole rings is 1. The first-order chi connectivity index (χ1) is 13.5. The highest BCUT2D eigenvalue weighted by Gasteiger charge is 2.14. The van der Waals surface area contributed by atoms with Crippen molar-refractivity contribution in [3.05, 3.63) is 66.0 Å². The van der Waals surface area contributed by atoms with Crippen molar-refractivity contribution < 1.29 is 14.6 Å². The second kappa shape index (κ2) is 7.20. The highest BCUT2D eigenvalue weighted by atomic mass is 19.1. The number of aliphatic hydroxyl groups excluding tert-OH is 1. The Morgan fingerprint density at radius 1 is 1.14 bits per heavy atom. The molecule has 0 saturated heterocycles. The molecular weight excluding hydrogens is 363 g/mol. The third kappa shape index (κ3) is 3.35. The molecule has 3 aromatic heterocycles. The van der Waals surface area contributed by atoms with Crippen LogP contribution in [0.1, 0.15) is 24.2 Å². The summed E-state index contributed by atoms with van der Waals surface area (Å²) in [4.78, 5) is 12.5. The zero-order chi connectivity index (χ0) is 19.7. The minimum Gasteiger partial charge on any atom is -0.508 e. The van der Waals surface area contributed by atoms with E-state index >= 15 is 0 Å². The number of nitrogens with zero attached hydrogens (tertiary/aromatic N) is 5. The SMILES string of the molecule is C[C@@H](Nc1ccc2ncc(-c3cc(CO)ncn3)n2n1)c1cc(F)ccc1O. The molecule has 0 saturated carbocycles. The lowest BCUT2D eigenvalue weighted by molar-refractivity contribution is 0.276. The van der Waals surface area contributed by atoms with Gasteiger partial charge in [-0.25, -0.2) is 23.9 Å². The molecule has 4 aromatic rings. The molecule has 4 rings (SSSR count). The van der Waals surface area contributed by atoms with Gasteiger partial charge in [-0.1, -0.05) is 0 Å². The number of rotatable bonds is 5. The highest BCUT2D eigenvalue weighted by molar-refractivity contribution is 5.60. The molecule has 8 nitrogen and oxygen atoms in total. The molecule has 3 N–H and O–H groups in total. The molecule has 0 unspecified atom stereocenters. The Hall–Kier alpha value is -3.59. The van der Waals surface area contributed by atoms with Gasteiger partial charge in [0.15, 0.2) is 5.65 Å². The van der Waals surface area contributed by atoms with Crippen LogP contribution in [0.4, 0.5) is 10.2 Å². The van der Waals surface area contributed by atoms with Crippen LogP contribution in [0.2, 0.25) is 0 Å². The van der Waals surface area contributed by atoms with Crippen molar-refractivity contribution in [2.75, 3.05) is 5.32 Å². The van der Waals surface area contributed by atoms with Crippen molar-refractivity contribution in [1.29, 1.82) is 0 Å². The average molecular weight is 380 g/mol. The van der Waals surface area contributed by atoms with Crippen LogP contribution in [-0.2, 0) is 6.61 Å². The molecule has 0 bridgehead atoms. The van der Waals surface area contributed by atoms with Gasteiger partial charge in [0.1, 0.15) is 29.4 Å². The maximum absolute atomic E-state index is 13.5. The van der Waals surface area contributed by atoms with E-state index in [1.165, 1.54) is 24.5 Å². The first kappa shape index (κ1) is 17.8. The molecule has 0 radical (unpaired) electrons. The molecule has 28 heavy (non-hydrogen) atoms. The predicted molar refractivity (Wildman–Crippen MR) is 100 cm³/mol. The van der Waals surface area contributed by atoms with Crippen LogP contribution < -0.4 is 5.32 Å². The molecule has 0 fully saturated rings. The van der Waals surface area contributed by atoms with Gasteiger partial charge >= 0.3 is 0 Å². The Balaban J connectivity index is 1.68. The second-order valence-electron chi connectivity index (χ2n) is 6.25. The average Bonchev–Trinajstić information content (AvgIpc) is 3.13. The molecule has 0 spiro atoms. The zero-order valence-corrected chi connectivity index (χ0v) is 14.9. The molecule has 0 aliphatic heterocycles. The van der Waals surface area contributed by atoms with Gasteiger partial charge in [0.25, 0.3) is 0 Å². The molecule has 0 amide bonds. The lowest BCUT2D eigenvalue weighted by Gasteiger charge is -2.16. The van der Waals surface area contributed by atoms with E-state index in [1.807, 2.05) is 0 Å². The van der Waals surface area contributed by atoms with Crippen LogP contribution in [0.3, 0.4) is 0 Å². The van der Waals surface area contributed by atoms with Crippen molar-refractivity contribution in [1.82, 2.24) is 24.6 Å². The number of anilines is 1. The third-order valence-corrected chi connectivity index (χ3v) is 4.33. The molecule has 142 valence electrons. The maximum atomic E-state index is 13.5. The van der Waals surface area contributed by atoms with E-state index in [0.717, 1.165) is 0 Å². The highest BCUT2D eigenvalue weighted by Crippen LogP contribution is 2.27. The number of hydrogen-bond acceptors (Lipinski definition) is 7. The minimum atomic E-state index is -0.426. The van der Waals surface area contributed by atoms with Crippen LogP contribution in [0.15, 0.2) is 48.9 Å². The fourth-order valence-corrected chi connectivity index (χ4v) is 2.92. The summed E-state index contributed by atoms with van der Waals surface area (Å²) >= 11 is 0. The zero-order valence-electron chi connectivity index (χ0n) is 14.9. The van der Waals surface area contributed by atoms with E-state index in [0.29, 0.717) is 34.1 Å². The van der Waals surface area contributed by atoms with E-state index in [1.54, 1.807) is 35.8 Å². The molecule has 0 aliphatic rings. The van der Waals surface area contributed by atoms with E-state index in [-0.39, 0.29) is 18.4 Å². The smallest absolute Gasteiger partial charge is 0.154 e. The first-order valence-corrected chi connectivity index (χ1v) is 8.57. The number of halogens is 1. The molecule has 1 atom stereocenters. The quantitative estimate of drug-likeness (QED) is 0.488. The van der Waals surface area contributed by atoms with Crippen LogP contribution in [-0.4, -0.2) is 34.8 Å². The monoisotopic (exact) mass is 380 g/mol. The molecule has 0 aliphatic carbocycles. The Labute approximate surface area is 159 Å². The number of nitrogens with one attached hydrogen (secondary N) is 1. The van der Waals surface area contributed by atoms with Gasteiger partial charge in [-0.05, 0) is 43.3 Å². The summed E-state index contributed by atoms with van der Waals surface area (Å²) < 4.78 is 15.1. The van der Waals surface area contributed by atoms with Crippen molar-refractivity contribution in [3.63, 3.8) is 0 Å². The standard InChI is InChI=1S/C19H17FN6O2/c1-11(14-6-12(20)2-3-17(14)28)24-18-4-5-19-21-8-16(26(19)25-18)15-7-13(9-27)22-10-23-15/h2-8,10-11,27-28H,9H2,1H3,(H,24,25)/t11-/m1/s1. The molecule has 1 aromatic carbocycles. The van der Waals surface area contributed by atoms with Crippen molar-refractivity contribution in [2.24, 2.45) is 0 Å². The molecule has 3 heterocycles. The van der Waals surface area contributed by atoms with Crippen molar-refractivity contribution in [2.45, 2.75) is 19.6 Å². The predicted octanol–water partition coefficient (Wildman–Crippen LogP) is 2.70. The Morgan fingerprint density at radius 2 is 2.00 bits per heavy atom. The third-order valence-electron chi connectivity index (χ3n) is 4.33. The number of fused-ring (bicyclic) bond motifs is 1. The van der Waals surface area contributed by atoms with Gasteiger partial charge in [-0.2, -0.15) is 0 Å². The van der Waals surface area contributed by atoms with Crippen LogP contribution in [0, 0.1) is 5.82 Å². The lowest BCUT2D eigenvalue weighted by atomic mass is 10.1. The molecule has 9 heteroatoms. The summed E-state index contributed by atoms with van der Waals surface area (Å²) in [6.45, 7) is 1.61. The number of hydrogen-bond donors (Lipinski definition) is 3. The van der Waals surface area contributed by atoms with E-state index in [2.05, 4.69) is 25.4 Å². The summed E-state index contributed by atoms with van der Waals surface area (Å²) in [5, 5.41) is 26.9. The lowest BCUT2D eigenvalue weighted by Crippen LogP contribution is -2.10. The second-order valence-corrected chi connectivity index (χ2v) is 6.25. The fourth-order valence-electron chi connectivity index (χ4n) is 2.92. The van der Waals surface area contributed by atoms with Crippen molar-refractivity contribution in [3.8, 4) is 17.1 Å². The minimum absolute atomic E-state index is 0.00307. The van der Waals surface area contributed by atoms with E-state index < -0.39 is 5.82 Å². The largest absolute Gasteiger partial charge is 0.508 e. The molecular formula is C19H17FN6O2. The van der Waals surface area contributed by atoms with Crippen molar-refractivity contribution >= 4 is 11.5 Å². The number of aromatic hydroxyl groups is 1. The van der Waals surface area contributed by atoms with E-state index in [4.69, 9.17) is 0 Å². The number of phenols is 1. The van der Waals surface area contributed by atoms with Gasteiger partial charge in [-0.3, -0.25) is 0 Å². The van der Waals surface area contributed by atoms with Gasteiger partial charge in [0.2, 0.25) is 0 Å². The first-order valence-electron chi connectivity index (χ1n) is 8.57. The number of benzene rings is 1. The fraction of sp³-hybridized carbons (Fsp3) is 0.158. The van der Waals surface area contributed by atoms with Crippen LogP contribution >= 0.6 is 0 Å². The maximum Gasteiger partial charge on any atom is 0.154 e. The number of aromatic nitrogens is 5. The number of phenolic OH excluding ortho intramolecular Hbond substituents is 1. The number of aliphatic hydroxyl groups is 1. The van der Waals surface area contributed by atoms with Crippen LogP contribution in [0.25, 0.3) is 17.0 Å². The van der Waals surface area contributed by atoms with Gasteiger partial charge in [-0.15, -0.1) is 5.10 Å². The van der Waals surface area contributed by atoms with Gasteiger partial charge in [0, 0.05) is 5.56 Å². The summed E-state index contributed by atoms with van der Waals surface area (Å²) in [5.41, 5.74) is 2.75. The summed E-state index contributed by atoms with van der Waals surface area (Å²) in [7, 11) is 0. The van der Waals surface area contributed by atoms with E-state index in [9.17, 15) is 14.6 Å². The van der Waals surface area contributed by atoms with Gasteiger partial charge in [0.05, 0.1) is 30.2 Å². The Bertz CT molecular complexity index is 1150. The topological polar surface area (TPSA) is 108 Å². The summed E-state index contributed by atoms with van der Waals surface area (Å²) in [6.07, 6.45) is 3.01. The van der Waals surface area contributed by atoms with Gasteiger partial charge < -0.3 is 15.5 Å². The van der Waals surface area contributed by atoms with Crippen LogP contribution in [0.5, 0.6) is 5.75 Å². The normalized spacial score (nSPS) is 12.2. The Kier molecular flexibility index (Phi) is 4.58. The Morgan fingerprint density at radius 3 is 2.82 bits per heavy atom. The summed E-state index contributed by atoms with van der Waals surface area (Å²) in [5.74, 6) is 0.0906. The summed E-state index contributed by atoms with van der Waals surface area (Å²) in [6, 6.07) is 8.62.